The summed E-state index contributed by atoms with van der Waals surface area (Å²) in [5.74, 6) is 0.636. The quantitative estimate of drug-likeness (QED) is 0.710. The molecule has 28 heavy (non-hydrogen) atoms. The molecule has 0 bridgehead atoms. The zero-order valence-electron chi connectivity index (χ0n) is 16.0. The van der Waals surface area contributed by atoms with E-state index in [0.29, 0.717) is 25.4 Å². The summed E-state index contributed by atoms with van der Waals surface area (Å²) in [7, 11) is 0. The molecule has 1 fully saturated rings. The molecule has 0 radical (unpaired) electrons. The molecule has 0 spiro atoms. The maximum Gasteiger partial charge on any atom is 0.414 e. The maximum atomic E-state index is 11.6. The Morgan fingerprint density at radius 3 is 2.68 bits per heavy atom. The summed E-state index contributed by atoms with van der Waals surface area (Å²) in [6, 6.07) is 11.3. The van der Waals surface area contributed by atoms with Gasteiger partial charge in [0, 0.05) is 5.69 Å². The lowest BCUT2D eigenvalue weighted by Gasteiger charge is -2.15. The molecule has 146 valence electrons. The number of carbonyl (C=O) groups excluding carboxylic acids is 1. The number of aromatic nitrogens is 2. The molecule has 1 N–H and O–H groups in total. The molecule has 1 saturated heterocycles. The fourth-order valence-electron chi connectivity index (χ4n) is 3.28. The number of cyclic esters (lactones) is 1. The van der Waals surface area contributed by atoms with Crippen LogP contribution in [0.25, 0.3) is 11.0 Å². The van der Waals surface area contributed by atoms with E-state index in [0.717, 1.165) is 16.7 Å². The van der Waals surface area contributed by atoms with Crippen molar-refractivity contribution in [1.82, 2.24) is 9.55 Å². The summed E-state index contributed by atoms with van der Waals surface area (Å²) in [4.78, 5) is 17.6. The second-order valence-electron chi connectivity index (χ2n) is 7.05. The van der Waals surface area contributed by atoms with Gasteiger partial charge in [0.1, 0.15) is 25.1 Å². The Morgan fingerprint density at radius 2 is 1.96 bits per heavy atom. The van der Waals surface area contributed by atoms with Gasteiger partial charge in [-0.3, -0.25) is 4.90 Å². The van der Waals surface area contributed by atoms with E-state index < -0.39 is 6.10 Å². The van der Waals surface area contributed by atoms with E-state index in [9.17, 15) is 9.90 Å². The first-order chi connectivity index (χ1) is 13.5. The van der Waals surface area contributed by atoms with E-state index in [1.807, 2.05) is 16.7 Å². The van der Waals surface area contributed by atoms with Crippen LogP contribution in [0.15, 0.2) is 42.7 Å². The van der Waals surface area contributed by atoms with Gasteiger partial charge in [0.2, 0.25) is 0 Å². The van der Waals surface area contributed by atoms with Crippen LogP contribution in [0.1, 0.15) is 11.1 Å². The zero-order valence-corrected chi connectivity index (χ0v) is 16.0. The number of amides is 1. The van der Waals surface area contributed by atoms with E-state index >= 15 is 0 Å². The Hall–Kier alpha value is -3.06. The fourth-order valence-corrected chi connectivity index (χ4v) is 3.28. The van der Waals surface area contributed by atoms with Crippen molar-refractivity contribution < 1.29 is 19.4 Å². The van der Waals surface area contributed by atoms with Crippen molar-refractivity contribution >= 4 is 22.8 Å². The van der Waals surface area contributed by atoms with Crippen molar-refractivity contribution in [3.63, 3.8) is 0 Å². The average molecular weight is 381 g/mol. The lowest BCUT2D eigenvalue weighted by molar-refractivity contribution is 0.0934. The molecule has 2 aromatic carbocycles. The van der Waals surface area contributed by atoms with Gasteiger partial charge in [-0.05, 0) is 61.4 Å². The lowest BCUT2D eigenvalue weighted by Crippen LogP contribution is -2.24. The van der Waals surface area contributed by atoms with Gasteiger partial charge in [-0.1, -0.05) is 0 Å². The van der Waals surface area contributed by atoms with Gasteiger partial charge < -0.3 is 19.1 Å². The number of carbonyl (C=O) groups is 1. The molecule has 0 unspecified atom stereocenters. The second-order valence-corrected chi connectivity index (χ2v) is 7.05. The van der Waals surface area contributed by atoms with Crippen LogP contribution < -0.4 is 9.64 Å². The number of hydrogen-bond donors (Lipinski definition) is 1. The highest BCUT2D eigenvalue weighted by Crippen LogP contribution is 2.23. The second kappa shape index (κ2) is 7.52. The number of hydrogen-bond acceptors (Lipinski definition) is 5. The molecule has 0 aliphatic carbocycles. The first-order valence-electron chi connectivity index (χ1n) is 9.28. The molecule has 7 heteroatoms. The van der Waals surface area contributed by atoms with E-state index in [2.05, 4.69) is 31.0 Å². The smallest absolute Gasteiger partial charge is 0.414 e. The number of rotatable bonds is 6. The van der Waals surface area contributed by atoms with Gasteiger partial charge in [0.25, 0.3) is 0 Å². The van der Waals surface area contributed by atoms with Crippen LogP contribution in [0.3, 0.4) is 0 Å². The topological polar surface area (TPSA) is 76.8 Å². The third-order valence-corrected chi connectivity index (χ3v) is 5.00. The van der Waals surface area contributed by atoms with E-state index in [1.54, 1.807) is 23.4 Å². The number of aliphatic hydroxyl groups excluding tert-OH is 1. The third-order valence-electron chi connectivity index (χ3n) is 5.00. The summed E-state index contributed by atoms with van der Waals surface area (Å²) >= 11 is 0. The van der Waals surface area contributed by atoms with Crippen molar-refractivity contribution in [1.29, 1.82) is 0 Å². The molecular formula is C21H23N3O4. The van der Waals surface area contributed by atoms with Crippen LogP contribution in [0.4, 0.5) is 10.5 Å². The minimum atomic E-state index is -0.674. The monoisotopic (exact) mass is 381 g/mol. The van der Waals surface area contributed by atoms with E-state index in [-0.39, 0.29) is 12.7 Å². The highest BCUT2D eigenvalue weighted by atomic mass is 16.6. The number of aryl methyl sites for hydroxylation is 2. The molecule has 4 rings (SSSR count). The summed E-state index contributed by atoms with van der Waals surface area (Å²) in [6.45, 7) is 5.65. The molecule has 1 aromatic heterocycles. The molecule has 1 amide bonds. The zero-order chi connectivity index (χ0) is 19.7. The highest BCUT2D eigenvalue weighted by molar-refractivity contribution is 5.89. The van der Waals surface area contributed by atoms with Crippen molar-refractivity contribution in [2.75, 3.05) is 24.7 Å². The predicted molar refractivity (Wildman–Crippen MR) is 106 cm³/mol. The summed E-state index contributed by atoms with van der Waals surface area (Å²) in [5.41, 5.74) is 5.09. The SMILES string of the molecule is Cc1cc2ncn(C[C@H](O)COc3ccc(N4CCOC4=O)cc3)c2cc1C. The number of ether oxygens (including phenoxy) is 2. The highest BCUT2D eigenvalue weighted by Gasteiger charge is 2.23. The molecule has 1 aliphatic rings. The predicted octanol–water partition coefficient (Wildman–Crippen LogP) is 3.05. The van der Waals surface area contributed by atoms with Gasteiger partial charge in [0.05, 0.1) is 30.5 Å². The summed E-state index contributed by atoms with van der Waals surface area (Å²) < 4.78 is 12.6. The molecule has 2 heterocycles. The van der Waals surface area contributed by atoms with E-state index in [1.165, 1.54) is 11.1 Å². The van der Waals surface area contributed by atoms with Crippen LogP contribution in [0, 0.1) is 13.8 Å². The van der Waals surface area contributed by atoms with Gasteiger partial charge in [-0.25, -0.2) is 9.78 Å². The summed E-state index contributed by atoms with van der Waals surface area (Å²) in [5, 5.41) is 10.4. The van der Waals surface area contributed by atoms with Crippen LogP contribution in [0.2, 0.25) is 0 Å². The van der Waals surface area contributed by atoms with Crippen molar-refractivity contribution in [2.24, 2.45) is 0 Å². The normalized spacial score (nSPS) is 15.1. The average Bonchev–Trinajstić information content (AvgIpc) is 3.27. The van der Waals surface area contributed by atoms with Gasteiger partial charge in [-0.2, -0.15) is 0 Å². The molecule has 1 atom stereocenters. The lowest BCUT2D eigenvalue weighted by atomic mass is 10.1. The Balaban J connectivity index is 1.36. The molecule has 1 aliphatic heterocycles. The number of fused-ring (bicyclic) bond motifs is 1. The fraction of sp³-hybridized carbons (Fsp3) is 0.333. The number of anilines is 1. The number of benzene rings is 2. The van der Waals surface area contributed by atoms with Crippen LogP contribution >= 0.6 is 0 Å². The van der Waals surface area contributed by atoms with Crippen LogP contribution in [0.5, 0.6) is 5.75 Å². The third kappa shape index (κ3) is 3.66. The first kappa shape index (κ1) is 18.3. The van der Waals surface area contributed by atoms with Crippen LogP contribution in [-0.2, 0) is 11.3 Å². The Bertz CT molecular complexity index is 997. The molecule has 7 nitrogen and oxygen atoms in total. The van der Waals surface area contributed by atoms with E-state index in [4.69, 9.17) is 9.47 Å². The van der Waals surface area contributed by atoms with Crippen molar-refractivity contribution in [3.05, 3.63) is 53.9 Å². The molecule has 3 aromatic rings. The maximum absolute atomic E-state index is 11.6. The minimum absolute atomic E-state index is 0.162. The van der Waals surface area contributed by atoms with Gasteiger partial charge in [-0.15, -0.1) is 0 Å². The first-order valence-corrected chi connectivity index (χ1v) is 9.28. The Morgan fingerprint density at radius 1 is 1.21 bits per heavy atom. The number of nitrogens with zero attached hydrogens (tertiary/aromatic N) is 3. The number of aliphatic hydroxyl groups is 1. The minimum Gasteiger partial charge on any atom is -0.491 e. The van der Waals surface area contributed by atoms with Gasteiger partial charge in [0.15, 0.2) is 0 Å². The Kier molecular flexibility index (Phi) is 4.92. The van der Waals surface area contributed by atoms with Gasteiger partial charge >= 0.3 is 6.09 Å². The molecule has 0 saturated carbocycles. The molecular weight excluding hydrogens is 358 g/mol. The number of imidazole rings is 1. The Labute approximate surface area is 163 Å². The summed E-state index contributed by atoms with van der Waals surface area (Å²) in [6.07, 6.45) is 0.741. The largest absolute Gasteiger partial charge is 0.491 e. The van der Waals surface area contributed by atoms with Crippen molar-refractivity contribution in [3.8, 4) is 5.75 Å². The van der Waals surface area contributed by atoms with Crippen LogP contribution in [-0.4, -0.2) is 46.6 Å². The van der Waals surface area contributed by atoms with Crippen molar-refractivity contribution in [2.45, 2.75) is 26.5 Å². The standard InChI is InChI=1S/C21H23N3O4/c1-14-9-19-20(10-15(14)2)23(13-22-19)11-17(25)12-28-18-5-3-16(4-6-18)24-7-8-27-21(24)26/h3-6,9-10,13,17,25H,7-8,11-12H2,1-2H3/t17-/m0/s1.